The fourth-order valence-corrected chi connectivity index (χ4v) is 2.60. The molecular formula is C14H18N2O4S. The molecule has 0 heterocycles. The van der Waals surface area contributed by atoms with E-state index in [0.717, 1.165) is 4.31 Å². The number of sulfonamides is 1. The maximum absolute atomic E-state index is 12.2. The second kappa shape index (κ2) is 7.78. The van der Waals surface area contributed by atoms with Crippen LogP contribution in [0.2, 0.25) is 0 Å². The lowest BCUT2D eigenvalue weighted by Gasteiger charge is -2.16. The van der Waals surface area contributed by atoms with Crippen LogP contribution in [0.4, 0.5) is 0 Å². The first-order chi connectivity index (χ1) is 9.91. The Balaban J connectivity index is 2.90. The van der Waals surface area contributed by atoms with Crippen molar-refractivity contribution in [3.8, 4) is 11.8 Å². The van der Waals surface area contributed by atoms with Gasteiger partial charge in [0.15, 0.2) is 0 Å². The highest BCUT2D eigenvalue weighted by Crippen LogP contribution is 2.14. The third kappa shape index (κ3) is 4.86. The van der Waals surface area contributed by atoms with Crippen LogP contribution in [0.15, 0.2) is 29.2 Å². The first-order valence-corrected chi connectivity index (χ1v) is 7.72. The maximum atomic E-state index is 12.2. The van der Waals surface area contributed by atoms with E-state index in [1.807, 2.05) is 0 Å². The molecule has 0 aliphatic carbocycles. The Kier molecular flexibility index (Phi) is 6.37. The summed E-state index contributed by atoms with van der Waals surface area (Å²) < 4.78 is 25.4. The molecule has 7 heteroatoms. The van der Waals surface area contributed by atoms with Gasteiger partial charge in [0.2, 0.25) is 15.9 Å². The van der Waals surface area contributed by atoms with Crippen LogP contribution in [0.3, 0.4) is 0 Å². The molecule has 114 valence electrons. The molecule has 2 N–H and O–H groups in total. The average molecular weight is 310 g/mol. The van der Waals surface area contributed by atoms with Crippen molar-refractivity contribution >= 4 is 15.9 Å². The van der Waals surface area contributed by atoms with Gasteiger partial charge >= 0.3 is 0 Å². The van der Waals surface area contributed by atoms with E-state index < -0.39 is 10.0 Å². The zero-order chi connectivity index (χ0) is 15.9. The number of aliphatic hydroxyl groups is 1. The zero-order valence-corrected chi connectivity index (χ0v) is 12.8. The zero-order valence-electron chi connectivity index (χ0n) is 12.0. The van der Waals surface area contributed by atoms with Crippen LogP contribution in [0.25, 0.3) is 0 Å². The summed E-state index contributed by atoms with van der Waals surface area (Å²) in [6, 6.07) is 6.06. The lowest BCUT2D eigenvalue weighted by molar-refractivity contribution is -0.120. The Bertz CT molecular complexity index is 642. The van der Waals surface area contributed by atoms with Crippen molar-refractivity contribution in [2.45, 2.75) is 11.3 Å². The van der Waals surface area contributed by atoms with Crippen molar-refractivity contribution in [3.63, 3.8) is 0 Å². The molecule has 0 aliphatic heterocycles. The SMILES string of the molecule is CNC(=O)CN(C)S(=O)(=O)c1ccc(C#CCCO)cc1. The van der Waals surface area contributed by atoms with Crippen molar-refractivity contribution in [3.05, 3.63) is 29.8 Å². The summed E-state index contributed by atoms with van der Waals surface area (Å²) in [4.78, 5) is 11.3. The molecule has 1 aromatic rings. The number of carbonyl (C=O) groups excluding carboxylic acids is 1. The predicted octanol–water partition coefficient (Wildman–Crippen LogP) is -0.213. The number of benzene rings is 1. The molecule has 0 radical (unpaired) electrons. The fourth-order valence-electron chi connectivity index (χ4n) is 1.48. The monoisotopic (exact) mass is 310 g/mol. The Morgan fingerprint density at radius 2 is 1.95 bits per heavy atom. The van der Waals surface area contributed by atoms with Gasteiger partial charge in [-0.2, -0.15) is 4.31 Å². The molecule has 0 saturated carbocycles. The van der Waals surface area contributed by atoms with Gasteiger partial charge in [-0.3, -0.25) is 4.79 Å². The highest BCUT2D eigenvalue weighted by atomic mass is 32.2. The molecule has 1 rings (SSSR count). The summed E-state index contributed by atoms with van der Waals surface area (Å²) in [5, 5.41) is 11.0. The van der Waals surface area contributed by atoms with Crippen molar-refractivity contribution in [2.24, 2.45) is 0 Å². The number of aliphatic hydroxyl groups excluding tert-OH is 1. The van der Waals surface area contributed by atoms with Crippen molar-refractivity contribution in [2.75, 3.05) is 27.2 Å². The molecule has 1 amide bonds. The van der Waals surface area contributed by atoms with Crippen LogP contribution in [-0.2, 0) is 14.8 Å². The minimum atomic E-state index is -3.70. The Labute approximate surface area is 124 Å². The van der Waals surface area contributed by atoms with Crippen LogP contribution in [0.1, 0.15) is 12.0 Å². The van der Waals surface area contributed by atoms with Gasteiger partial charge in [-0.25, -0.2) is 8.42 Å². The third-order valence-corrected chi connectivity index (χ3v) is 4.49. The van der Waals surface area contributed by atoms with Gasteiger partial charge in [0.25, 0.3) is 0 Å². The van der Waals surface area contributed by atoms with E-state index in [9.17, 15) is 13.2 Å². The van der Waals surface area contributed by atoms with E-state index in [2.05, 4.69) is 17.2 Å². The number of hydrogen-bond acceptors (Lipinski definition) is 4. The summed E-state index contributed by atoms with van der Waals surface area (Å²) in [7, 11) is -0.908. The summed E-state index contributed by atoms with van der Waals surface area (Å²) >= 11 is 0. The molecule has 0 unspecified atom stereocenters. The molecule has 0 spiro atoms. The Morgan fingerprint density at radius 3 is 2.48 bits per heavy atom. The Morgan fingerprint density at radius 1 is 1.33 bits per heavy atom. The van der Waals surface area contributed by atoms with Crippen LogP contribution in [0.5, 0.6) is 0 Å². The van der Waals surface area contributed by atoms with Crippen LogP contribution in [0, 0.1) is 11.8 Å². The molecule has 0 aromatic heterocycles. The van der Waals surface area contributed by atoms with E-state index >= 15 is 0 Å². The Hall–Kier alpha value is -1.88. The lowest BCUT2D eigenvalue weighted by atomic mass is 10.2. The molecular weight excluding hydrogens is 292 g/mol. The van der Waals surface area contributed by atoms with Crippen molar-refractivity contribution in [1.82, 2.24) is 9.62 Å². The number of nitrogens with one attached hydrogen (secondary N) is 1. The van der Waals surface area contributed by atoms with E-state index in [0.29, 0.717) is 12.0 Å². The molecule has 21 heavy (non-hydrogen) atoms. The van der Waals surface area contributed by atoms with Gasteiger partial charge in [-0.05, 0) is 24.3 Å². The number of nitrogens with zero attached hydrogens (tertiary/aromatic N) is 1. The molecule has 0 saturated heterocycles. The number of rotatable bonds is 5. The highest BCUT2D eigenvalue weighted by Gasteiger charge is 2.22. The second-order valence-electron chi connectivity index (χ2n) is 4.23. The standard InChI is InChI=1S/C14H18N2O4S/c1-15-14(18)11-16(2)21(19,20)13-8-6-12(7-9-13)5-3-4-10-17/h6-9,17H,4,10-11H2,1-2H3,(H,15,18). The van der Waals surface area contributed by atoms with Crippen LogP contribution < -0.4 is 5.32 Å². The summed E-state index contributed by atoms with van der Waals surface area (Å²) in [6.45, 7) is -0.249. The third-order valence-electron chi connectivity index (χ3n) is 2.68. The molecule has 6 nitrogen and oxygen atoms in total. The van der Waals surface area contributed by atoms with Crippen molar-refractivity contribution in [1.29, 1.82) is 0 Å². The van der Waals surface area contributed by atoms with Crippen LogP contribution >= 0.6 is 0 Å². The van der Waals surface area contributed by atoms with E-state index in [-0.39, 0.29) is 24.0 Å². The second-order valence-corrected chi connectivity index (χ2v) is 6.28. The fraction of sp³-hybridized carbons (Fsp3) is 0.357. The molecule has 0 fully saturated rings. The quantitative estimate of drug-likeness (QED) is 0.737. The van der Waals surface area contributed by atoms with Gasteiger partial charge in [0.1, 0.15) is 0 Å². The largest absolute Gasteiger partial charge is 0.395 e. The number of hydrogen-bond donors (Lipinski definition) is 2. The summed E-state index contributed by atoms with van der Waals surface area (Å²) in [5.74, 6) is 5.18. The first-order valence-electron chi connectivity index (χ1n) is 6.28. The average Bonchev–Trinajstić information content (AvgIpc) is 2.47. The van der Waals surface area contributed by atoms with E-state index in [4.69, 9.17) is 5.11 Å². The van der Waals surface area contributed by atoms with E-state index in [1.54, 1.807) is 12.1 Å². The highest BCUT2D eigenvalue weighted by molar-refractivity contribution is 7.89. The molecule has 0 bridgehead atoms. The van der Waals surface area contributed by atoms with Gasteiger partial charge < -0.3 is 10.4 Å². The van der Waals surface area contributed by atoms with Gasteiger partial charge in [-0.1, -0.05) is 11.8 Å². The number of carbonyl (C=O) groups is 1. The van der Waals surface area contributed by atoms with E-state index in [1.165, 1.54) is 26.2 Å². The predicted molar refractivity (Wildman–Crippen MR) is 78.9 cm³/mol. The number of likely N-dealkylation sites (N-methyl/N-ethyl adjacent to an activating group) is 2. The minimum absolute atomic E-state index is 0.0102. The van der Waals surface area contributed by atoms with Gasteiger partial charge in [0, 0.05) is 26.1 Å². The number of amides is 1. The molecule has 1 aromatic carbocycles. The molecule has 0 atom stereocenters. The summed E-state index contributed by atoms with van der Waals surface area (Å²) in [5.41, 5.74) is 0.663. The van der Waals surface area contributed by atoms with Crippen molar-refractivity contribution < 1.29 is 18.3 Å². The topological polar surface area (TPSA) is 86.7 Å². The normalized spacial score (nSPS) is 10.9. The first kappa shape index (κ1) is 17.2. The maximum Gasteiger partial charge on any atom is 0.243 e. The van der Waals surface area contributed by atoms with Crippen LogP contribution in [-0.4, -0.2) is 51.0 Å². The van der Waals surface area contributed by atoms with Gasteiger partial charge in [0.05, 0.1) is 18.0 Å². The lowest BCUT2D eigenvalue weighted by Crippen LogP contribution is -2.36. The van der Waals surface area contributed by atoms with Gasteiger partial charge in [-0.15, -0.1) is 0 Å². The summed E-state index contributed by atoms with van der Waals surface area (Å²) in [6.07, 6.45) is 0.370. The smallest absolute Gasteiger partial charge is 0.243 e. The minimum Gasteiger partial charge on any atom is -0.395 e. The molecule has 0 aliphatic rings.